The van der Waals surface area contributed by atoms with E-state index in [-0.39, 0.29) is 5.69 Å². The number of carboxylic acids is 1. The van der Waals surface area contributed by atoms with Crippen LogP contribution in [0.5, 0.6) is 5.75 Å². The maximum atomic E-state index is 11.0. The lowest BCUT2D eigenvalue weighted by molar-refractivity contribution is 0.0685. The van der Waals surface area contributed by atoms with Crippen LogP contribution in [0.15, 0.2) is 22.7 Å². The van der Waals surface area contributed by atoms with E-state index in [4.69, 9.17) is 14.4 Å². The highest BCUT2D eigenvalue weighted by atomic mass is 16.5. The van der Waals surface area contributed by atoms with E-state index in [2.05, 4.69) is 5.16 Å². The summed E-state index contributed by atoms with van der Waals surface area (Å²) in [6, 6.07) is 5.65. The quantitative estimate of drug-likeness (QED) is 0.877. The highest BCUT2D eigenvalue weighted by Crippen LogP contribution is 2.36. The molecule has 0 saturated carbocycles. The van der Waals surface area contributed by atoms with Gasteiger partial charge in [0.15, 0.2) is 11.5 Å². The average molecular weight is 245 g/mol. The third kappa shape index (κ3) is 1.48. The van der Waals surface area contributed by atoms with Crippen LogP contribution in [-0.4, -0.2) is 23.3 Å². The minimum absolute atomic E-state index is 0.0199. The Morgan fingerprint density at radius 2 is 2.28 bits per heavy atom. The lowest BCUT2D eigenvalue weighted by Crippen LogP contribution is -2.07. The Bertz CT molecular complexity index is 630. The number of rotatable bonds is 2. The molecule has 1 N–H and O–H groups in total. The van der Waals surface area contributed by atoms with Crippen LogP contribution in [0, 0.1) is 0 Å². The number of hydrogen-bond donors (Lipinski definition) is 1. The van der Waals surface area contributed by atoms with Crippen LogP contribution in [0.3, 0.4) is 0 Å². The van der Waals surface area contributed by atoms with E-state index in [0.717, 1.165) is 23.3 Å². The van der Waals surface area contributed by atoms with Crippen LogP contribution in [-0.2, 0) is 12.8 Å². The van der Waals surface area contributed by atoms with Crippen molar-refractivity contribution in [3.8, 4) is 17.1 Å². The molecule has 0 radical (unpaired) electrons. The van der Waals surface area contributed by atoms with Gasteiger partial charge in [-0.2, -0.15) is 0 Å². The normalized spacial score (nSPS) is 12.7. The number of aromatic carboxylic acids is 1. The van der Waals surface area contributed by atoms with Gasteiger partial charge in [-0.25, -0.2) is 4.79 Å². The van der Waals surface area contributed by atoms with Gasteiger partial charge in [-0.1, -0.05) is 5.16 Å². The van der Waals surface area contributed by atoms with Crippen molar-refractivity contribution < 1.29 is 19.2 Å². The van der Waals surface area contributed by atoms with Gasteiger partial charge in [0.1, 0.15) is 5.75 Å². The fourth-order valence-corrected chi connectivity index (χ4v) is 2.31. The minimum Gasteiger partial charge on any atom is -0.497 e. The summed E-state index contributed by atoms with van der Waals surface area (Å²) in [5, 5.41) is 12.7. The fraction of sp³-hybridized carbons (Fsp3) is 0.231. The number of carboxylic acid groups (broad SMARTS) is 1. The Labute approximate surface area is 103 Å². The second kappa shape index (κ2) is 3.87. The van der Waals surface area contributed by atoms with E-state index in [1.54, 1.807) is 7.11 Å². The van der Waals surface area contributed by atoms with Crippen molar-refractivity contribution in [2.45, 2.75) is 12.8 Å². The number of methoxy groups -OCH3 is 1. The summed E-state index contributed by atoms with van der Waals surface area (Å²) in [5.41, 5.74) is 2.69. The van der Waals surface area contributed by atoms with Gasteiger partial charge in [0.25, 0.3) is 0 Å². The Kier molecular flexibility index (Phi) is 2.33. The van der Waals surface area contributed by atoms with Gasteiger partial charge in [-0.05, 0) is 36.6 Å². The van der Waals surface area contributed by atoms with Crippen molar-refractivity contribution in [1.82, 2.24) is 5.16 Å². The molecule has 5 heteroatoms. The number of aryl methyl sites for hydroxylation is 1. The van der Waals surface area contributed by atoms with Crippen LogP contribution < -0.4 is 4.74 Å². The second-order valence-corrected chi connectivity index (χ2v) is 4.17. The lowest BCUT2D eigenvalue weighted by Gasteiger charge is -2.15. The zero-order chi connectivity index (χ0) is 12.7. The van der Waals surface area contributed by atoms with Crippen molar-refractivity contribution >= 4 is 5.97 Å². The average Bonchev–Trinajstić information content (AvgIpc) is 2.82. The third-order valence-corrected chi connectivity index (χ3v) is 3.19. The second-order valence-electron chi connectivity index (χ2n) is 4.17. The standard InChI is InChI=1S/C13H11NO4/c1-17-8-3-5-9-7(6-8)2-4-10-11(13(15)16)14-18-12(9)10/h3,5-6H,2,4H2,1H3,(H,15,16). The zero-order valence-corrected chi connectivity index (χ0v) is 9.77. The number of ether oxygens (including phenoxy) is 1. The van der Waals surface area contributed by atoms with Crippen molar-refractivity contribution in [2.24, 2.45) is 0 Å². The summed E-state index contributed by atoms with van der Waals surface area (Å²) in [5.74, 6) is 0.309. The summed E-state index contributed by atoms with van der Waals surface area (Å²) in [7, 11) is 1.62. The molecule has 1 aliphatic carbocycles. The van der Waals surface area contributed by atoms with E-state index in [1.807, 2.05) is 18.2 Å². The van der Waals surface area contributed by atoms with Crippen molar-refractivity contribution in [3.05, 3.63) is 35.0 Å². The highest BCUT2D eigenvalue weighted by Gasteiger charge is 2.27. The molecule has 1 heterocycles. The van der Waals surface area contributed by atoms with Gasteiger partial charge < -0.3 is 14.4 Å². The first-order chi connectivity index (χ1) is 8.70. The smallest absolute Gasteiger partial charge is 0.358 e. The molecule has 0 bridgehead atoms. The molecule has 0 amide bonds. The molecular weight excluding hydrogens is 234 g/mol. The molecule has 0 aliphatic heterocycles. The molecule has 5 nitrogen and oxygen atoms in total. The van der Waals surface area contributed by atoms with Crippen LogP contribution in [0.1, 0.15) is 21.6 Å². The Morgan fingerprint density at radius 1 is 1.44 bits per heavy atom. The molecule has 2 aromatic rings. The number of fused-ring (bicyclic) bond motifs is 3. The van der Waals surface area contributed by atoms with Crippen molar-refractivity contribution in [1.29, 1.82) is 0 Å². The number of benzene rings is 1. The molecule has 1 aliphatic rings. The van der Waals surface area contributed by atoms with Gasteiger partial charge in [0, 0.05) is 11.1 Å². The Balaban J connectivity index is 2.15. The number of carbonyl (C=O) groups is 1. The number of nitrogens with zero attached hydrogens (tertiary/aromatic N) is 1. The molecule has 3 rings (SSSR count). The van der Waals surface area contributed by atoms with Crippen LogP contribution >= 0.6 is 0 Å². The molecule has 0 unspecified atom stereocenters. The van der Waals surface area contributed by atoms with Gasteiger partial charge in [0.05, 0.1) is 7.11 Å². The maximum absolute atomic E-state index is 11.0. The van der Waals surface area contributed by atoms with Crippen molar-refractivity contribution in [3.63, 3.8) is 0 Å². The highest BCUT2D eigenvalue weighted by molar-refractivity contribution is 5.89. The van der Waals surface area contributed by atoms with E-state index in [9.17, 15) is 4.79 Å². The summed E-state index contributed by atoms with van der Waals surface area (Å²) < 4.78 is 10.3. The molecule has 0 fully saturated rings. The minimum atomic E-state index is -1.04. The lowest BCUT2D eigenvalue weighted by atomic mass is 9.89. The molecule has 0 atom stereocenters. The molecule has 0 spiro atoms. The van der Waals surface area contributed by atoms with Gasteiger partial charge in [-0.3, -0.25) is 0 Å². The van der Waals surface area contributed by atoms with E-state index < -0.39 is 5.97 Å². The van der Waals surface area contributed by atoms with Gasteiger partial charge in [-0.15, -0.1) is 0 Å². The van der Waals surface area contributed by atoms with E-state index in [0.29, 0.717) is 17.7 Å². The summed E-state index contributed by atoms with van der Waals surface area (Å²) in [4.78, 5) is 11.0. The molecule has 92 valence electrons. The Morgan fingerprint density at radius 3 is 3.00 bits per heavy atom. The predicted octanol–water partition coefficient (Wildman–Crippen LogP) is 2.15. The summed E-state index contributed by atoms with van der Waals surface area (Å²) in [6.45, 7) is 0. The first kappa shape index (κ1) is 10.8. The topological polar surface area (TPSA) is 72.6 Å². The first-order valence-electron chi connectivity index (χ1n) is 5.60. The first-order valence-corrected chi connectivity index (χ1v) is 5.60. The van der Waals surface area contributed by atoms with Gasteiger partial charge in [0.2, 0.25) is 0 Å². The largest absolute Gasteiger partial charge is 0.497 e. The van der Waals surface area contributed by atoms with Crippen molar-refractivity contribution in [2.75, 3.05) is 7.11 Å². The number of hydrogen-bond acceptors (Lipinski definition) is 4. The molecule has 18 heavy (non-hydrogen) atoms. The van der Waals surface area contributed by atoms with Crippen LogP contribution in [0.25, 0.3) is 11.3 Å². The third-order valence-electron chi connectivity index (χ3n) is 3.19. The molecule has 1 aromatic carbocycles. The Hall–Kier alpha value is -2.30. The monoisotopic (exact) mass is 245 g/mol. The van der Waals surface area contributed by atoms with Crippen LogP contribution in [0.2, 0.25) is 0 Å². The summed E-state index contributed by atoms with van der Waals surface area (Å²) in [6.07, 6.45) is 1.39. The predicted molar refractivity (Wildman–Crippen MR) is 62.9 cm³/mol. The number of aromatic nitrogens is 1. The molecular formula is C13H11NO4. The molecule has 1 aromatic heterocycles. The SMILES string of the molecule is COc1ccc2c(c1)CCc1c(C(=O)O)noc1-2. The van der Waals surface area contributed by atoms with Gasteiger partial charge >= 0.3 is 5.97 Å². The van der Waals surface area contributed by atoms with E-state index >= 15 is 0 Å². The zero-order valence-electron chi connectivity index (χ0n) is 9.77. The maximum Gasteiger partial charge on any atom is 0.358 e. The van der Waals surface area contributed by atoms with Crippen LogP contribution in [0.4, 0.5) is 0 Å². The fourth-order valence-electron chi connectivity index (χ4n) is 2.31. The van der Waals surface area contributed by atoms with E-state index in [1.165, 1.54) is 0 Å². The molecule has 0 saturated heterocycles. The summed E-state index contributed by atoms with van der Waals surface area (Å²) >= 11 is 0.